The maximum Gasteiger partial charge on any atom is 0.124 e. The van der Waals surface area contributed by atoms with Gasteiger partial charge in [-0.15, -0.1) is 0 Å². The first-order valence-electron chi connectivity index (χ1n) is 15.1. The lowest BCUT2D eigenvalue weighted by atomic mass is 9.79. The molecule has 6 heteroatoms. The predicted octanol–water partition coefficient (Wildman–Crippen LogP) is 7.81. The Kier molecular flexibility index (Phi) is 9.91. The Morgan fingerprint density at radius 3 is 1.26 bits per heavy atom. The van der Waals surface area contributed by atoms with Crippen LogP contribution in [0.25, 0.3) is 0 Å². The molecule has 1 saturated carbocycles. The molecule has 0 aromatic heterocycles. The highest BCUT2D eigenvalue weighted by Crippen LogP contribution is 2.63. The average molecular weight is 617 g/mol. The fourth-order valence-electron chi connectivity index (χ4n) is 6.26. The molecule has 1 aliphatic rings. The largest absolute Gasteiger partial charge is 0.744 e. The van der Waals surface area contributed by atoms with Gasteiger partial charge in [0.25, 0.3) is 0 Å². The molecule has 0 aliphatic heterocycles. The van der Waals surface area contributed by atoms with Crippen molar-refractivity contribution in [1.82, 2.24) is 0 Å². The molecule has 43 heavy (non-hydrogen) atoms. The molecule has 1 aliphatic carbocycles. The van der Waals surface area contributed by atoms with Gasteiger partial charge in [-0.3, -0.25) is 0 Å². The van der Waals surface area contributed by atoms with E-state index in [0.29, 0.717) is 11.1 Å². The van der Waals surface area contributed by atoms with Gasteiger partial charge in [-0.05, 0) is 85.0 Å². The van der Waals surface area contributed by atoms with Gasteiger partial charge in [0, 0.05) is 11.1 Å². The summed E-state index contributed by atoms with van der Waals surface area (Å²) < 4.78 is 33.8. The molecule has 228 valence electrons. The molecule has 4 aromatic rings. The Hall–Kier alpha value is -2.98. The Balaban J connectivity index is 0.000000204. The third kappa shape index (κ3) is 7.23. The summed E-state index contributed by atoms with van der Waals surface area (Å²) in [6, 6.07) is 36.4. The standard InChI is InChI=1S/C23H24P.C14H22O4S/c1-4-12-20(13-5-1)24(23-18-10-11-19-23,21-14-6-2-7-15-21)22-16-8-3-9-17-22;1-13(2,3)10-7-9(19(16,17)18)8-11(12(10)15)14(4,5)6/h1-9,12-17,23H,10-11,18-19H2;7-8,15H,1-6H3,(H,16,17,18)/q+1;/p-1. The van der Waals surface area contributed by atoms with Crippen LogP contribution in [0, 0.1) is 0 Å². The van der Waals surface area contributed by atoms with Gasteiger partial charge in [0.2, 0.25) is 0 Å². The quantitative estimate of drug-likeness (QED) is 0.183. The van der Waals surface area contributed by atoms with Crippen LogP contribution in [0.4, 0.5) is 0 Å². The average Bonchev–Trinajstić information content (AvgIpc) is 3.49. The second kappa shape index (κ2) is 12.9. The summed E-state index contributed by atoms with van der Waals surface area (Å²) in [7, 11) is -6.15. The lowest BCUT2D eigenvalue weighted by Gasteiger charge is -2.32. The number of phenols is 1. The highest BCUT2D eigenvalue weighted by Gasteiger charge is 2.52. The van der Waals surface area contributed by atoms with Crippen LogP contribution in [0.2, 0.25) is 0 Å². The second-order valence-electron chi connectivity index (χ2n) is 13.5. The fraction of sp³-hybridized carbons (Fsp3) is 0.351. The molecule has 4 aromatic carbocycles. The Morgan fingerprint density at radius 1 is 0.651 bits per heavy atom. The number of phenolic OH excluding ortho intramolecular Hbond substituents is 1. The summed E-state index contributed by atoms with van der Waals surface area (Å²) in [6.45, 7) is 11.1. The monoisotopic (exact) mass is 616 g/mol. The molecule has 0 atom stereocenters. The van der Waals surface area contributed by atoms with Crippen LogP contribution in [0.15, 0.2) is 108 Å². The van der Waals surface area contributed by atoms with E-state index in [0.717, 1.165) is 5.66 Å². The van der Waals surface area contributed by atoms with Gasteiger partial charge >= 0.3 is 0 Å². The summed E-state index contributed by atoms with van der Waals surface area (Å²) in [5.41, 5.74) is 0.795. The van der Waals surface area contributed by atoms with E-state index in [1.165, 1.54) is 53.7 Å². The smallest absolute Gasteiger partial charge is 0.124 e. The number of benzene rings is 4. The van der Waals surface area contributed by atoms with Gasteiger partial charge in [0.15, 0.2) is 0 Å². The van der Waals surface area contributed by atoms with Crippen LogP contribution in [-0.2, 0) is 20.9 Å². The van der Waals surface area contributed by atoms with Gasteiger partial charge in [-0.1, -0.05) is 96.1 Å². The third-order valence-corrected chi connectivity index (χ3v) is 14.1. The molecular weight excluding hydrogens is 571 g/mol. The summed E-state index contributed by atoms with van der Waals surface area (Å²) in [5.74, 6) is 0.0624. The first-order chi connectivity index (χ1) is 20.2. The zero-order valence-corrected chi connectivity index (χ0v) is 28.0. The summed E-state index contributed by atoms with van der Waals surface area (Å²) in [4.78, 5) is -0.292. The number of hydrogen-bond donors (Lipinski definition) is 1. The molecule has 0 spiro atoms. The molecule has 4 nitrogen and oxygen atoms in total. The zero-order valence-electron chi connectivity index (χ0n) is 26.2. The van der Waals surface area contributed by atoms with E-state index in [1.54, 1.807) is 0 Å². The summed E-state index contributed by atoms with van der Waals surface area (Å²) >= 11 is 0. The van der Waals surface area contributed by atoms with E-state index in [1.807, 2.05) is 41.5 Å². The van der Waals surface area contributed by atoms with Crippen molar-refractivity contribution in [3.8, 4) is 5.75 Å². The number of aromatic hydroxyl groups is 1. The van der Waals surface area contributed by atoms with Crippen LogP contribution in [0.1, 0.15) is 78.4 Å². The maximum absolute atomic E-state index is 11.3. The first kappa shape index (κ1) is 32.9. The van der Waals surface area contributed by atoms with Crippen molar-refractivity contribution in [3.05, 3.63) is 114 Å². The van der Waals surface area contributed by atoms with Gasteiger partial charge in [-0.25, -0.2) is 8.42 Å². The van der Waals surface area contributed by atoms with E-state index >= 15 is 0 Å². The maximum atomic E-state index is 11.3. The fourth-order valence-corrected chi connectivity index (χ4v) is 12.0. The summed E-state index contributed by atoms with van der Waals surface area (Å²) in [6.07, 6.45) is 5.46. The minimum atomic E-state index is -4.55. The van der Waals surface area contributed by atoms with E-state index in [9.17, 15) is 18.1 Å². The molecule has 1 N–H and O–H groups in total. The minimum absolute atomic E-state index is 0.0624. The molecule has 0 bridgehead atoms. The van der Waals surface area contributed by atoms with Crippen molar-refractivity contribution in [2.24, 2.45) is 0 Å². The second-order valence-corrected chi connectivity index (χ2v) is 18.6. The number of hydrogen-bond acceptors (Lipinski definition) is 4. The van der Waals surface area contributed by atoms with Crippen LogP contribution >= 0.6 is 7.26 Å². The predicted molar refractivity (Wildman–Crippen MR) is 181 cm³/mol. The van der Waals surface area contributed by atoms with Gasteiger partial charge < -0.3 is 9.66 Å². The normalized spacial score (nSPS) is 14.7. The Labute approximate surface area is 259 Å². The SMILES string of the molecule is CC(C)(C)c1cc(S(=O)(=O)[O-])cc(C(C)(C)C)c1O.c1ccc([P+](c2ccccc2)(c2ccccc2)C2CCCC2)cc1. The molecule has 5 rings (SSSR count). The molecule has 0 unspecified atom stereocenters. The highest BCUT2D eigenvalue weighted by atomic mass is 32.2. The first-order valence-corrected chi connectivity index (χ1v) is 18.3. The highest BCUT2D eigenvalue weighted by molar-refractivity contribution is 7.96. The van der Waals surface area contributed by atoms with E-state index < -0.39 is 28.2 Å². The molecule has 0 heterocycles. The molecule has 0 amide bonds. The van der Waals surface area contributed by atoms with Gasteiger partial charge in [0.1, 0.15) is 39.0 Å². The lowest BCUT2D eigenvalue weighted by molar-refractivity contribution is 0.420. The summed E-state index contributed by atoms with van der Waals surface area (Å²) in [5, 5.41) is 15.0. The molecular formula is C37H45O4PS. The van der Waals surface area contributed by atoms with Crippen LogP contribution in [-0.4, -0.2) is 23.7 Å². The van der Waals surface area contributed by atoms with E-state index in [2.05, 4.69) is 91.0 Å². The van der Waals surface area contributed by atoms with Crippen LogP contribution in [0.3, 0.4) is 0 Å². The van der Waals surface area contributed by atoms with Gasteiger partial charge in [-0.2, -0.15) is 0 Å². The van der Waals surface area contributed by atoms with Crippen LogP contribution < -0.4 is 15.9 Å². The van der Waals surface area contributed by atoms with Gasteiger partial charge in [0.05, 0.1) is 10.6 Å². The van der Waals surface area contributed by atoms with Crippen molar-refractivity contribution in [3.63, 3.8) is 0 Å². The Bertz CT molecular complexity index is 1470. The van der Waals surface area contributed by atoms with Crippen molar-refractivity contribution in [2.75, 3.05) is 0 Å². The van der Waals surface area contributed by atoms with Crippen molar-refractivity contribution >= 4 is 33.3 Å². The number of rotatable bonds is 5. The van der Waals surface area contributed by atoms with E-state index in [-0.39, 0.29) is 10.6 Å². The minimum Gasteiger partial charge on any atom is -0.744 e. The van der Waals surface area contributed by atoms with E-state index in [4.69, 9.17) is 0 Å². The molecule has 1 fully saturated rings. The van der Waals surface area contributed by atoms with Crippen molar-refractivity contribution in [1.29, 1.82) is 0 Å². The Morgan fingerprint density at radius 2 is 0.977 bits per heavy atom. The molecule has 0 radical (unpaired) electrons. The molecule has 0 saturated heterocycles. The van der Waals surface area contributed by atoms with Crippen molar-refractivity contribution in [2.45, 2.75) is 88.6 Å². The van der Waals surface area contributed by atoms with Crippen molar-refractivity contribution < 1.29 is 18.1 Å². The third-order valence-electron chi connectivity index (χ3n) is 8.35. The zero-order chi connectivity index (χ0) is 31.5. The lowest BCUT2D eigenvalue weighted by Crippen LogP contribution is -2.37. The van der Waals surface area contributed by atoms with Crippen LogP contribution in [0.5, 0.6) is 5.75 Å². The topological polar surface area (TPSA) is 77.4 Å².